The molecule has 4 heteroatoms. The molecule has 1 heterocycles. The molecule has 0 aromatic heterocycles. The molecule has 1 aliphatic carbocycles. The van der Waals surface area contributed by atoms with Gasteiger partial charge in [0, 0.05) is 37.5 Å². The minimum atomic E-state index is -0.110. The third-order valence-corrected chi connectivity index (χ3v) is 4.14. The van der Waals surface area contributed by atoms with Gasteiger partial charge in [0.15, 0.2) is 0 Å². The summed E-state index contributed by atoms with van der Waals surface area (Å²) in [6.45, 7) is 2.79. The number of benzene rings is 1. The van der Waals surface area contributed by atoms with Crippen LogP contribution in [0, 0.1) is 0 Å². The Balaban J connectivity index is 1.78. The fraction of sp³-hybridized carbons (Fsp3) is 0.600. The highest BCUT2D eigenvalue weighted by Gasteiger charge is 2.50. The SMILES string of the molecule is CCOC1CC2(C1)C[C@@H](N)c1cc(OC)ccc1O2. The first-order valence-electron chi connectivity index (χ1n) is 6.90. The molecule has 2 aliphatic rings. The monoisotopic (exact) mass is 263 g/mol. The first kappa shape index (κ1) is 12.8. The Bertz CT molecular complexity index is 468. The molecule has 3 rings (SSSR count). The van der Waals surface area contributed by atoms with Crippen LogP contribution in [0.2, 0.25) is 0 Å². The van der Waals surface area contributed by atoms with E-state index >= 15 is 0 Å². The van der Waals surface area contributed by atoms with Crippen LogP contribution in [-0.2, 0) is 4.74 Å². The van der Waals surface area contributed by atoms with Crippen LogP contribution in [0.25, 0.3) is 0 Å². The quantitative estimate of drug-likeness (QED) is 0.910. The van der Waals surface area contributed by atoms with Crippen LogP contribution in [0.4, 0.5) is 0 Å². The zero-order valence-corrected chi connectivity index (χ0v) is 11.5. The number of methoxy groups -OCH3 is 1. The van der Waals surface area contributed by atoms with E-state index in [0.29, 0.717) is 6.10 Å². The molecule has 1 spiro atoms. The van der Waals surface area contributed by atoms with Crippen LogP contribution in [0.1, 0.15) is 37.8 Å². The summed E-state index contributed by atoms with van der Waals surface area (Å²) in [4.78, 5) is 0. The fourth-order valence-corrected chi connectivity index (χ4v) is 3.20. The Labute approximate surface area is 113 Å². The minimum Gasteiger partial charge on any atom is -0.497 e. The molecule has 1 atom stereocenters. The Morgan fingerprint density at radius 2 is 2.16 bits per heavy atom. The predicted molar refractivity (Wildman–Crippen MR) is 72.5 cm³/mol. The number of fused-ring (bicyclic) bond motifs is 1. The lowest BCUT2D eigenvalue weighted by atomic mass is 9.71. The number of hydrogen-bond acceptors (Lipinski definition) is 4. The molecule has 1 aromatic rings. The van der Waals surface area contributed by atoms with Gasteiger partial charge in [-0.25, -0.2) is 0 Å². The summed E-state index contributed by atoms with van der Waals surface area (Å²) >= 11 is 0. The maximum Gasteiger partial charge on any atom is 0.125 e. The zero-order valence-electron chi connectivity index (χ0n) is 11.5. The zero-order chi connectivity index (χ0) is 13.5. The van der Waals surface area contributed by atoms with Crippen LogP contribution in [0.3, 0.4) is 0 Å². The van der Waals surface area contributed by atoms with Gasteiger partial charge in [0.1, 0.15) is 17.1 Å². The van der Waals surface area contributed by atoms with E-state index < -0.39 is 0 Å². The standard InChI is InChI=1S/C15H21NO3/c1-3-18-11-7-15(8-11)9-13(16)12-6-10(17-2)4-5-14(12)19-15/h4-6,11,13H,3,7-9,16H2,1-2H3/t11?,13-,15?/m1/s1. The van der Waals surface area contributed by atoms with Gasteiger partial charge in [-0.3, -0.25) is 0 Å². The molecule has 4 nitrogen and oxygen atoms in total. The second-order valence-electron chi connectivity index (χ2n) is 5.49. The van der Waals surface area contributed by atoms with E-state index in [1.807, 2.05) is 25.1 Å². The number of ether oxygens (including phenoxy) is 3. The van der Waals surface area contributed by atoms with Crippen LogP contribution in [-0.4, -0.2) is 25.4 Å². The molecule has 0 saturated heterocycles. The summed E-state index contributed by atoms with van der Waals surface area (Å²) in [6, 6.07) is 5.87. The molecule has 0 unspecified atom stereocenters. The van der Waals surface area contributed by atoms with Crippen LogP contribution < -0.4 is 15.2 Å². The first-order chi connectivity index (χ1) is 9.15. The average molecular weight is 263 g/mol. The summed E-state index contributed by atoms with van der Waals surface area (Å²) in [6.07, 6.45) is 3.08. The molecule has 0 radical (unpaired) electrons. The Morgan fingerprint density at radius 1 is 1.37 bits per heavy atom. The summed E-state index contributed by atoms with van der Waals surface area (Å²) < 4.78 is 17.0. The van der Waals surface area contributed by atoms with Crippen LogP contribution in [0.15, 0.2) is 18.2 Å². The largest absolute Gasteiger partial charge is 0.497 e. The summed E-state index contributed by atoms with van der Waals surface area (Å²) in [7, 11) is 1.66. The maximum atomic E-state index is 6.30. The highest BCUT2D eigenvalue weighted by Crippen LogP contribution is 2.49. The summed E-state index contributed by atoms with van der Waals surface area (Å²) in [5.41, 5.74) is 7.23. The van der Waals surface area contributed by atoms with Gasteiger partial charge in [-0.05, 0) is 25.1 Å². The molecule has 104 valence electrons. The normalized spacial score (nSPS) is 32.4. The van der Waals surface area contributed by atoms with Crippen molar-refractivity contribution in [2.75, 3.05) is 13.7 Å². The van der Waals surface area contributed by atoms with E-state index in [9.17, 15) is 0 Å². The third kappa shape index (κ3) is 2.19. The van der Waals surface area contributed by atoms with Crippen LogP contribution in [0.5, 0.6) is 11.5 Å². The minimum absolute atomic E-state index is 0.0152. The van der Waals surface area contributed by atoms with Gasteiger partial charge in [0.25, 0.3) is 0 Å². The molecule has 1 aromatic carbocycles. The van der Waals surface area contributed by atoms with Gasteiger partial charge in [0.05, 0.1) is 13.2 Å². The van der Waals surface area contributed by atoms with Crippen molar-refractivity contribution in [3.63, 3.8) is 0 Å². The van der Waals surface area contributed by atoms with E-state index in [1.54, 1.807) is 7.11 Å². The molecular weight excluding hydrogens is 242 g/mol. The smallest absolute Gasteiger partial charge is 0.125 e. The van der Waals surface area contributed by atoms with Gasteiger partial charge in [-0.15, -0.1) is 0 Å². The van der Waals surface area contributed by atoms with E-state index in [4.69, 9.17) is 19.9 Å². The Kier molecular flexibility index (Phi) is 3.15. The Hall–Kier alpha value is -1.26. The second-order valence-corrected chi connectivity index (χ2v) is 5.49. The van der Waals surface area contributed by atoms with Crippen LogP contribution >= 0.6 is 0 Å². The van der Waals surface area contributed by atoms with Crippen molar-refractivity contribution in [1.82, 2.24) is 0 Å². The van der Waals surface area contributed by atoms with Crippen molar-refractivity contribution in [2.45, 2.75) is 43.9 Å². The van der Waals surface area contributed by atoms with E-state index in [1.165, 1.54) is 0 Å². The lowest BCUT2D eigenvalue weighted by Crippen LogP contribution is -2.55. The average Bonchev–Trinajstić information content (AvgIpc) is 2.37. The van der Waals surface area contributed by atoms with Gasteiger partial charge in [0.2, 0.25) is 0 Å². The molecule has 1 saturated carbocycles. The molecule has 1 aliphatic heterocycles. The van der Waals surface area contributed by atoms with Crippen molar-refractivity contribution < 1.29 is 14.2 Å². The van der Waals surface area contributed by atoms with E-state index in [0.717, 1.165) is 42.9 Å². The van der Waals surface area contributed by atoms with Gasteiger partial charge >= 0.3 is 0 Å². The molecule has 0 bridgehead atoms. The molecule has 1 fully saturated rings. The van der Waals surface area contributed by atoms with Crippen molar-refractivity contribution in [3.8, 4) is 11.5 Å². The van der Waals surface area contributed by atoms with Crippen molar-refractivity contribution in [2.24, 2.45) is 5.73 Å². The summed E-state index contributed by atoms with van der Waals surface area (Å²) in [5, 5.41) is 0. The maximum absolute atomic E-state index is 6.30. The highest BCUT2D eigenvalue weighted by atomic mass is 16.5. The number of rotatable bonds is 3. The van der Waals surface area contributed by atoms with E-state index in [2.05, 4.69) is 0 Å². The predicted octanol–water partition coefficient (Wildman–Crippen LogP) is 2.42. The Morgan fingerprint density at radius 3 is 2.84 bits per heavy atom. The van der Waals surface area contributed by atoms with Gasteiger partial charge < -0.3 is 19.9 Å². The molecule has 0 amide bonds. The third-order valence-electron chi connectivity index (χ3n) is 4.14. The number of hydrogen-bond donors (Lipinski definition) is 1. The lowest BCUT2D eigenvalue weighted by molar-refractivity contribution is -0.134. The molecular formula is C15H21NO3. The van der Waals surface area contributed by atoms with Crippen molar-refractivity contribution >= 4 is 0 Å². The summed E-state index contributed by atoms with van der Waals surface area (Å²) in [5.74, 6) is 1.73. The first-order valence-corrected chi connectivity index (χ1v) is 6.90. The van der Waals surface area contributed by atoms with Crippen molar-refractivity contribution in [1.29, 1.82) is 0 Å². The molecule has 19 heavy (non-hydrogen) atoms. The van der Waals surface area contributed by atoms with Gasteiger partial charge in [-0.1, -0.05) is 0 Å². The number of nitrogens with two attached hydrogens (primary N) is 1. The fourth-order valence-electron chi connectivity index (χ4n) is 3.20. The lowest BCUT2D eigenvalue weighted by Gasteiger charge is -2.50. The van der Waals surface area contributed by atoms with Crippen molar-refractivity contribution in [3.05, 3.63) is 23.8 Å². The van der Waals surface area contributed by atoms with E-state index in [-0.39, 0.29) is 11.6 Å². The van der Waals surface area contributed by atoms with Gasteiger partial charge in [-0.2, -0.15) is 0 Å². The topological polar surface area (TPSA) is 53.7 Å². The molecule has 2 N–H and O–H groups in total. The second kappa shape index (κ2) is 4.69. The highest BCUT2D eigenvalue weighted by molar-refractivity contribution is 5.44.